The number of carboxylic acid groups (broad SMARTS) is 1. The molecule has 0 aromatic heterocycles. The normalized spacial score (nSPS) is 16.1. The second-order valence-corrected chi connectivity index (χ2v) is 6.56. The zero-order valence-corrected chi connectivity index (χ0v) is 14.9. The fourth-order valence-electron chi connectivity index (χ4n) is 3.01. The van der Waals surface area contributed by atoms with Crippen LogP contribution in [0.1, 0.15) is 39.1 Å². The van der Waals surface area contributed by atoms with Crippen LogP contribution < -0.4 is 10.6 Å². The van der Waals surface area contributed by atoms with Crippen LogP contribution in [0, 0.1) is 12.7 Å². The largest absolute Gasteiger partial charge is 0.478 e. The van der Waals surface area contributed by atoms with Crippen molar-refractivity contribution in [1.29, 1.82) is 0 Å². The molecule has 1 saturated heterocycles. The number of carboxylic acids is 1. The summed E-state index contributed by atoms with van der Waals surface area (Å²) >= 11 is 0. The lowest BCUT2D eigenvalue weighted by molar-refractivity contribution is 0.0696. The van der Waals surface area contributed by atoms with Crippen molar-refractivity contribution in [3.05, 3.63) is 58.9 Å². The Morgan fingerprint density at radius 3 is 2.67 bits per heavy atom. The standard InChI is InChI=1S/C20H21FN2O4/c1-12-7-13(9-14(8-12)20(25)26)19(24)23-15-4-5-18(17(21)10-15)22-11-16-3-2-6-27-16/h4-5,7-10,16,22H,2-3,6,11H2,1H3,(H,23,24)(H,25,26). The van der Waals surface area contributed by atoms with Gasteiger partial charge in [-0.3, -0.25) is 4.79 Å². The van der Waals surface area contributed by atoms with Crippen molar-refractivity contribution in [3.8, 4) is 0 Å². The molecule has 0 saturated carbocycles. The molecule has 7 heteroatoms. The molecule has 1 heterocycles. The van der Waals surface area contributed by atoms with Crippen LogP contribution in [0.15, 0.2) is 36.4 Å². The van der Waals surface area contributed by atoms with Gasteiger partial charge in [-0.05, 0) is 61.7 Å². The molecule has 1 aliphatic rings. The molecule has 2 aromatic carbocycles. The first kappa shape index (κ1) is 18.8. The van der Waals surface area contributed by atoms with E-state index in [1.165, 1.54) is 18.2 Å². The second kappa shape index (κ2) is 8.18. The summed E-state index contributed by atoms with van der Waals surface area (Å²) in [5.74, 6) is -2.10. The van der Waals surface area contributed by atoms with Crippen LogP contribution in [0.4, 0.5) is 15.8 Å². The molecule has 0 radical (unpaired) electrons. The smallest absolute Gasteiger partial charge is 0.335 e. The van der Waals surface area contributed by atoms with Gasteiger partial charge in [-0.1, -0.05) is 0 Å². The maximum Gasteiger partial charge on any atom is 0.335 e. The predicted octanol–water partition coefficient (Wildman–Crippen LogP) is 3.68. The molecule has 0 bridgehead atoms. The number of halogens is 1. The van der Waals surface area contributed by atoms with Crippen LogP contribution in [0.3, 0.4) is 0 Å². The Labute approximate surface area is 156 Å². The summed E-state index contributed by atoms with van der Waals surface area (Å²) in [6.07, 6.45) is 2.06. The van der Waals surface area contributed by atoms with Gasteiger partial charge in [0.2, 0.25) is 0 Å². The van der Waals surface area contributed by atoms with E-state index in [2.05, 4.69) is 10.6 Å². The second-order valence-electron chi connectivity index (χ2n) is 6.56. The van der Waals surface area contributed by atoms with Gasteiger partial charge in [-0.2, -0.15) is 0 Å². The van der Waals surface area contributed by atoms with Crippen molar-refractivity contribution in [1.82, 2.24) is 0 Å². The van der Waals surface area contributed by atoms with Gasteiger partial charge in [0, 0.05) is 24.4 Å². The van der Waals surface area contributed by atoms with E-state index in [-0.39, 0.29) is 17.2 Å². The number of ether oxygens (including phenoxy) is 1. The van der Waals surface area contributed by atoms with Gasteiger partial charge in [-0.15, -0.1) is 0 Å². The SMILES string of the molecule is Cc1cc(C(=O)O)cc(C(=O)Nc2ccc(NCC3CCCO3)c(F)c2)c1. The lowest BCUT2D eigenvalue weighted by Crippen LogP contribution is -2.19. The third kappa shape index (κ3) is 4.83. The lowest BCUT2D eigenvalue weighted by atomic mass is 10.1. The number of carbonyl (C=O) groups is 2. The molecule has 1 amide bonds. The summed E-state index contributed by atoms with van der Waals surface area (Å²) in [5, 5.41) is 14.7. The van der Waals surface area contributed by atoms with E-state index in [1.807, 2.05) is 0 Å². The number of aromatic carboxylic acids is 1. The van der Waals surface area contributed by atoms with E-state index in [0.717, 1.165) is 19.4 Å². The van der Waals surface area contributed by atoms with Crippen molar-refractivity contribution >= 4 is 23.3 Å². The molecule has 0 spiro atoms. The molecule has 1 fully saturated rings. The molecule has 142 valence electrons. The molecule has 1 atom stereocenters. The molecule has 0 aliphatic carbocycles. The van der Waals surface area contributed by atoms with Crippen molar-refractivity contribution < 1.29 is 23.8 Å². The van der Waals surface area contributed by atoms with E-state index in [9.17, 15) is 14.0 Å². The van der Waals surface area contributed by atoms with Gasteiger partial charge in [-0.25, -0.2) is 9.18 Å². The molecular weight excluding hydrogens is 351 g/mol. The summed E-state index contributed by atoms with van der Waals surface area (Å²) in [4.78, 5) is 23.5. The van der Waals surface area contributed by atoms with E-state index in [4.69, 9.17) is 9.84 Å². The summed E-state index contributed by atoms with van der Waals surface area (Å²) in [5.41, 5.74) is 1.51. The third-order valence-electron chi connectivity index (χ3n) is 4.36. The van der Waals surface area contributed by atoms with Gasteiger partial charge in [0.15, 0.2) is 0 Å². The number of nitrogens with one attached hydrogen (secondary N) is 2. The van der Waals surface area contributed by atoms with Crippen molar-refractivity contribution in [2.45, 2.75) is 25.9 Å². The monoisotopic (exact) mass is 372 g/mol. The van der Waals surface area contributed by atoms with Crippen LogP contribution in [-0.4, -0.2) is 36.2 Å². The molecule has 27 heavy (non-hydrogen) atoms. The number of aryl methyl sites for hydroxylation is 1. The Kier molecular flexibility index (Phi) is 5.71. The molecule has 3 rings (SSSR count). The van der Waals surface area contributed by atoms with Gasteiger partial charge in [0.1, 0.15) is 5.82 Å². The average molecular weight is 372 g/mol. The Hall–Kier alpha value is -2.93. The van der Waals surface area contributed by atoms with Crippen LogP contribution in [0.5, 0.6) is 0 Å². The molecule has 2 aromatic rings. The van der Waals surface area contributed by atoms with E-state index >= 15 is 0 Å². The molecule has 1 aliphatic heterocycles. The minimum absolute atomic E-state index is 0.0278. The number of anilines is 2. The molecule has 1 unspecified atom stereocenters. The Morgan fingerprint density at radius 1 is 1.22 bits per heavy atom. The summed E-state index contributed by atoms with van der Waals surface area (Å²) < 4.78 is 19.8. The lowest BCUT2D eigenvalue weighted by Gasteiger charge is -2.13. The number of benzene rings is 2. The highest BCUT2D eigenvalue weighted by Gasteiger charge is 2.16. The summed E-state index contributed by atoms with van der Waals surface area (Å²) in [7, 11) is 0. The van der Waals surface area contributed by atoms with E-state index < -0.39 is 17.7 Å². The van der Waals surface area contributed by atoms with E-state index in [1.54, 1.807) is 25.1 Å². The number of hydrogen-bond donors (Lipinski definition) is 3. The topological polar surface area (TPSA) is 87.7 Å². The quantitative estimate of drug-likeness (QED) is 0.720. The Balaban J connectivity index is 1.67. The molecular formula is C20H21FN2O4. The van der Waals surface area contributed by atoms with E-state index in [0.29, 0.717) is 23.5 Å². The first-order valence-corrected chi connectivity index (χ1v) is 8.74. The zero-order chi connectivity index (χ0) is 19.4. The Bertz CT molecular complexity index is 863. The molecule has 3 N–H and O–H groups in total. The number of hydrogen-bond acceptors (Lipinski definition) is 4. The highest BCUT2D eigenvalue weighted by Crippen LogP contribution is 2.21. The maximum absolute atomic E-state index is 14.3. The molecule has 6 nitrogen and oxygen atoms in total. The highest BCUT2D eigenvalue weighted by atomic mass is 19.1. The summed E-state index contributed by atoms with van der Waals surface area (Å²) in [6, 6.07) is 8.72. The average Bonchev–Trinajstić information content (AvgIpc) is 3.14. The fraction of sp³-hybridized carbons (Fsp3) is 0.300. The highest BCUT2D eigenvalue weighted by molar-refractivity contribution is 6.05. The van der Waals surface area contributed by atoms with Gasteiger partial charge < -0.3 is 20.5 Å². The van der Waals surface area contributed by atoms with Crippen molar-refractivity contribution in [2.24, 2.45) is 0 Å². The van der Waals surface area contributed by atoms with Crippen LogP contribution >= 0.6 is 0 Å². The number of carbonyl (C=O) groups excluding carboxylic acids is 1. The van der Waals surface area contributed by atoms with Crippen molar-refractivity contribution in [2.75, 3.05) is 23.8 Å². The van der Waals surface area contributed by atoms with Gasteiger partial charge in [0.05, 0.1) is 17.4 Å². The maximum atomic E-state index is 14.3. The zero-order valence-electron chi connectivity index (χ0n) is 14.9. The van der Waals surface area contributed by atoms with Gasteiger partial charge in [0.25, 0.3) is 5.91 Å². The fourth-order valence-corrected chi connectivity index (χ4v) is 3.01. The minimum Gasteiger partial charge on any atom is -0.478 e. The number of rotatable bonds is 6. The number of amides is 1. The minimum atomic E-state index is -1.11. The first-order chi connectivity index (χ1) is 12.9. The van der Waals surface area contributed by atoms with Gasteiger partial charge >= 0.3 is 5.97 Å². The van der Waals surface area contributed by atoms with Crippen LogP contribution in [0.25, 0.3) is 0 Å². The van der Waals surface area contributed by atoms with Crippen LogP contribution in [0.2, 0.25) is 0 Å². The van der Waals surface area contributed by atoms with Crippen molar-refractivity contribution in [3.63, 3.8) is 0 Å². The Morgan fingerprint density at radius 2 is 2.00 bits per heavy atom. The van der Waals surface area contributed by atoms with Crippen LogP contribution in [-0.2, 0) is 4.74 Å². The third-order valence-corrected chi connectivity index (χ3v) is 4.36. The summed E-state index contributed by atoms with van der Waals surface area (Å²) in [6.45, 7) is 2.98. The first-order valence-electron chi connectivity index (χ1n) is 8.74. The predicted molar refractivity (Wildman–Crippen MR) is 100.0 cm³/mol.